The lowest BCUT2D eigenvalue weighted by Gasteiger charge is -2.31. The third-order valence-electron chi connectivity index (χ3n) is 6.71. The third kappa shape index (κ3) is 8.44. The monoisotopic (exact) mass is 526 g/mol. The quantitative estimate of drug-likeness (QED) is 0.116. The van der Waals surface area contributed by atoms with Crippen LogP contribution in [0, 0.1) is 11.3 Å². The van der Waals surface area contributed by atoms with E-state index in [4.69, 9.17) is 0 Å². The number of hydrogen-bond acceptors (Lipinski definition) is 3. The molecule has 1 aliphatic rings. The average Bonchev–Trinajstić information content (AvgIpc) is 2.83. The van der Waals surface area contributed by atoms with Gasteiger partial charge in [0.1, 0.15) is 6.17 Å². The summed E-state index contributed by atoms with van der Waals surface area (Å²) in [5, 5.41) is 9.70. The van der Waals surface area contributed by atoms with E-state index >= 15 is 4.39 Å². The summed E-state index contributed by atoms with van der Waals surface area (Å²) in [4.78, 5) is 24.7. The Kier molecular flexibility index (Phi) is 11.4. The molecule has 1 aliphatic carbocycles. The zero-order valence-electron chi connectivity index (χ0n) is 21.8. The number of ether oxygens (including phenoxy) is 1. The maximum atomic E-state index is 15.3. The van der Waals surface area contributed by atoms with Gasteiger partial charge in [-0.2, -0.15) is 13.2 Å². The Bertz CT molecular complexity index is 950. The predicted molar refractivity (Wildman–Crippen MR) is 136 cm³/mol. The van der Waals surface area contributed by atoms with Crippen molar-refractivity contribution >= 4 is 17.5 Å². The number of benzene rings is 1. The molecule has 0 aliphatic heterocycles. The number of aliphatic carboxylic acids is 1. The van der Waals surface area contributed by atoms with Crippen molar-refractivity contribution in [2.75, 3.05) is 0 Å². The highest BCUT2D eigenvalue weighted by molar-refractivity contribution is 6.04. The molecule has 1 aromatic rings. The highest BCUT2D eigenvalue weighted by Gasteiger charge is 2.56. The van der Waals surface area contributed by atoms with Gasteiger partial charge in [0.2, 0.25) is 5.41 Å². The van der Waals surface area contributed by atoms with Crippen molar-refractivity contribution < 1.29 is 37.0 Å². The minimum absolute atomic E-state index is 0.0943. The Morgan fingerprint density at radius 1 is 1.03 bits per heavy atom. The maximum absolute atomic E-state index is 15.3. The number of halogens is 4. The number of carbonyl (C=O) groups excluding carboxylic acids is 1. The van der Waals surface area contributed by atoms with Crippen molar-refractivity contribution in [1.29, 1.82) is 0 Å². The number of carboxylic acids is 1. The second kappa shape index (κ2) is 13.8. The first-order valence-corrected chi connectivity index (χ1v) is 13.1. The van der Waals surface area contributed by atoms with Crippen LogP contribution in [-0.4, -0.2) is 35.5 Å². The van der Waals surface area contributed by atoms with Crippen LogP contribution in [0.3, 0.4) is 0 Å². The lowest BCUT2D eigenvalue weighted by molar-refractivity contribution is -0.229. The van der Waals surface area contributed by atoms with Crippen LogP contribution in [0.1, 0.15) is 83.3 Å². The first kappa shape index (κ1) is 30.6. The highest BCUT2D eigenvalue weighted by atomic mass is 19.4. The molecule has 1 aromatic carbocycles. The second-order valence-electron chi connectivity index (χ2n) is 10.2. The first-order chi connectivity index (χ1) is 17.4. The lowest BCUT2D eigenvalue weighted by Crippen LogP contribution is -2.49. The number of rotatable bonds is 14. The number of unbranched alkanes of at least 4 members (excludes halogenated alkanes) is 5. The van der Waals surface area contributed by atoms with Gasteiger partial charge in [-0.3, -0.25) is 9.59 Å². The molecule has 0 aromatic heterocycles. The zero-order valence-corrected chi connectivity index (χ0v) is 21.8. The van der Waals surface area contributed by atoms with Crippen molar-refractivity contribution in [2.45, 2.75) is 97.0 Å². The Morgan fingerprint density at radius 2 is 1.65 bits per heavy atom. The molecule has 37 heavy (non-hydrogen) atoms. The fourth-order valence-electron chi connectivity index (χ4n) is 4.28. The van der Waals surface area contributed by atoms with E-state index < -0.39 is 42.2 Å². The molecule has 0 radical (unpaired) electrons. The maximum Gasteiger partial charge on any atom is 0.425 e. The fourth-order valence-corrected chi connectivity index (χ4v) is 4.28. The Balaban J connectivity index is 2.12. The smallest absolute Gasteiger partial charge is 0.425 e. The minimum Gasteiger partial charge on any atom is -0.480 e. The van der Waals surface area contributed by atoms with Crippen LogP contribution in [0.2, 0.25) is 0 Å². The van der Waals surface area contributed by atoms with E-state index in [9.17, 15) is 27.9 Å². The number of esters is 1. The topological polar surface area (TPSA) is 63.6 Å². The summed E-state index contributed by atoms with van der Waals surface area (Å²) in [6.07, 6.45) is 0.793. The third-order valence-corrected chi connectivity index (χ3v) is 6.71. The molecular weight excluding hydrogens is 488 g/mol. The van der Waals surface area contributed by atoms with Gasteiger partial charge in [-0.05, 0) is 54.4 Å². The van der Waals surface area contributed by atoms with Crippen molar-refractivity contribution in [2.24, 2.45) is 11.3 Å². The van der Waals surface area contributed by atoms with E-state index in [1.54, 1.807) is 26.0 Å². The van der Waals surface area contributed by atoms with E-state index in [0.29, 0.717) is 11.1 Å². The van der Waals surface area contributed by atoms with Gasteiger partial charge in [0, 0.05) is 0 Å². The first-order valence-electron chi connectivity index (χ1n) is 13.1. The van der Waals surface area contributed by atoms with Crippen LogP contribution in [0.4, 0.5) is 17.6 Å². The van der Waals surface area contributed by atoms with E-state index in [1.807, 2.05) is 12.1 Å². The summed E-state index contributed by atoms with van der Waals surface area (Å²) in [6, 6.07) is 7.40. The van der Waals surface area contributed by atoms with Gasteiger partial charge in [0.15, 0.2) is 6.10 Å². The molecule has 0 amide bonds. The number of alkyl halides is 4. The molecule has 4 nitrogen and oxygen atoms in total. The molecule has 0 fully saturated rings. The normalized spacial score (nSPS) is 20.5. The molecule has 2 unspecified atom stereocenters. The molecule has 0 saturated heterocycles. The molecule has 8 heteroatoms. The zero-order chi connectivity index (χ0) is 27.6. The molecule has 206 valence electrons. The standard InChI is InChI=1S/C29H38F4O4/c1-4-5-6-7-8-9-10-21-12-14-22(15-13-21)23-17-18-28(26(34)35,24(30)19-23)27(36)37-25(29(31,32)33)16-11-20(2)3/h12-15,17-20,24-25H,4-11,16H2,1-3H3,(H,34,35)/t24-,25?,28?/m1/s1. The van der Waals surface area contributed by atoms with Crippen LogP contribution < -0.4 is 0 Å². The molecule has 2 rings (SSSR count). The minimum atomic E-state index is -4.90. The van der Waals surface area contributed by atoms with Crippen LogP contribution in [0.5, 0.6) is 0 Å². The van der Waals surface area contributed by atoms with Crippen molar-refractivity contribution in [3.63, 3.8) is 0 Å². The van der Waals surface area contributed by atoms with Crippen LogP contribution in [0.15, 0.2) is 42.5 Å². The summed E-state index contributed by atoms with van der Waals surface area (Å²) in [6.45, 7) is 5.60. The number of aryl methyl sites for hydroxylation is 1. The summed E-state index contributed by atoms with van der Waals surface area (Å²) >= 11 is 0. The van der Waals surface area contributed by atoms with Crippen LogP contribution in [-0.2, 0) is 20.7 Å². The number of carboxylic acid groups (broad SMARTS) is 1. The van der Waals surface area contributed by atoms with Crippen LogP contribution in [0.25, 0.3) is 5.57 Å². The molecular formula is C29H38F4O4. The molecule has 0 bridgehead atoms. The highest BCUT2D eigenvalue weighted by Crippen LogP contribution is 2.39. The van der Waals surface area contributed by atoms with Gasteiger partial charge >= 0.3 is 18.1 Å². The fraction of sp³-hybridized carbons (Fsp3) is 0.586. The van der Waals surface area contributed by atoms with Crippen molar-refractivity contribution in [3.8, 4) is 0 Å². The second-order valence-corrected chi connectivity index (χ2v) is 10.2. The lowest BCUT2D eigenvalue weighted by atomic mass is 9.77. The number of hydrogen-bond donors (Lipinski definition) is 1. The van der Waals surface area contributed by atoms with E-state index in [-0.39, 0.29) is 12.3 Å². The van der Waals surface area contributed by atoms with E-state index in [0.717, 1.165) is 37.0 Å². The summed E-state index contributed by atoms with van der Waals surface area (Å²) in [5.74, 6) is -3.77. The summed E-state index contributed by atoms with van der Waals surface area (Å²) in [7, 11) is 0. The Morgan fingerprint density at radius 3 is 2.19 bits per heavy atom. The summed E-state index contributed by atoms with van der Waals surface area (Å²) in [5.41, 5.74) is -0.805. The van der Waals surface area contributed by atoms with Gasteiger partial charge in [-0.25, -0.2) is 4.39 Å². The number of allylic oxidation sites excluding steroid dienone is 3. The van der Waals surface area contributed by atoms with E-state index in [2.05, 4.69) is 11.7 Å². The molecule has 0 heterocycles. The number of carbonyl (C=O) groups is 2. The van der Waals surface area contributed by atoms with Gasteiger partial charge in [-0.15, -0.1) is 0 Å². The predicted octanol–water partition coefficient (Wildman–Crippen LogP) is 7.86. The molecule has 3 atom stereocenters. The Hall–Kier alpha value is -2.64. The average molecular weight is 527 g/mol. The van der Waals surface area contributed by atoms with Crippen molar-refractivity contribution in [1.82, 2.24) is 0 Å². The van der Waals surface area contributed by atoms with Gasteiger partial charge in [-0.1, -0.05) is 89.3 Å². The molecule has 0 saturated carbocycles. The van der Waals surface area contributed by atoms with Gasteiger partial charge in [0.25, 0.3) is 0 Å². The SMILES string of the molecule is CCCCCCCCc1ccc(C2=C[C@@H](F)C(C(=O)O)(C(=O)OC(CCC(C)C)C(F)(F)F)C=C2)cc1. The van der Waals surface area contributed by atoms with Crippen LogP contribution >= 0.6 is 0 Å². The summed E-state index contributed by atoms with van der Waals surface area (Å²) < 4.78 is 60.2. The Labute approximate surface area is 216 Å². The van der Waals surface area contributed by atoms with Gasteiger partial charge in [0.05, 0.1) is 0 Å². The van der Waals surface area contributed by atoms with Crippen molar-refractivity contribution in [3.05, 3.63) is 53.6 Å². The molecule has 0 spiro atoms. The molecule has 1 N–H and O–H groups in total. The van der Waals surface area contributed by atoms with E-state index in [1.165, 1.54) is 31.8 Å². The largest absolute Gasteiger partial charge is 0.480 e. The van der Waals surface area contributed by atoms with Gasteiger partial charge < -0.3 is 9.84 Å².